The van der Waals surface area contributed by atoms with Crippen molar-refractivity contribution in [2.24, 2.45) is 0 Å². The molecule has 4 rings (SSSR count). The van der Waals surface area contributed by atoms with Gasteiger partial charge in [-0.05, 0) is 40.6 Å². The third-order valence-electron chi connectivity index (χ3n) is 3.99. The van der Waals surface area contributed by atoms with E-state index in [0.29, 0.717) is 27.1 Å². The van der Waals surface area contributed by atoms with Crippen LogP contribution in [0.15, 0.2) is 51.6 Å². The normalized spacial score (nSPS) is 10.7. The van der Waals surface area contributed by atoms with Gasteiger partial charge in [-0.15, -0.1) is 0 Å². The third-order valence-corrected chi connectivity index (χ3v) is 4.45. The van der Waals surface area contributed by atoms with E-state index in [1.54, 1.807) is 22.8 Å². The Bertz CT molecular complexity index is 1240. The van der Waals surface area contributed by atoms with Gasteiger partial charge in [0.15, 0.2) is 17.3 Å². The molecule has 0 spiro atoms. The lowest BCUT2D eigenvalue weighted by Crippen LogP contribution is -2.19. The molecule has 0 aliphatic rings. The second kappa shape index (κ2) is 7.13. The predicted molar refractivity (Wildman–Crippen MR) is 105 cm³/mol. The van der Waals surface area contributed by atoms with Gasteiger partial charge in [0.05, 0.1) is 22.7 Å². The smallest absolute Gasteiger partial charge is 0.244 e. The van der Waals surface area contributed by atoms with E-state index < -0.39 is 0 Å². The molecule has 3 N–H and O–H groups in total. The van der Waals surface area contributed by atoms with E-state index in [0.717, 1.165) is 5.52 Å². The summed E-state index contributed by atoms with van der Waals surface area (Å²) in [5.41, 5.74) is 8.43. The minimum absolute atomic E-state index is 0.0451. The number of hydrogen-bond donors (Lipinski definition) is 2. The maximum Gasteiger partial charge on any atom is 0.244 e. The Morgan fingerprint density at radius 2 is 2.11 bits per heavy atom. The number of rotatable bonds is 4. The molecule has 2 aromatic carbocycles. The van der Waals surface area contributed by atoms with E-state index in [2.05, 4.69) is 41.2 Å². The van der Waals surface area contributed by atoms with Crippen LogP contribution >= 0.6 is 15.9 Å². The van der Waals surface area contributed by atoms with Crippen molar-refractivity contribution in [3.63, 3.8) is 0 Å². The maximum atomic E-state index is 12.7. The summed E-state index contributed by atoms with van der Waals surface area (Å²) in [5.74, 6) is 0.158. The first-order valence-electron chi connectivity index (χ1n) is 8.09. The maximum absolute atomic E-state index is 12.7. The molecule has 0 saturated carbocycles. The molecule has 0 atom stereocenters. The van der Waals surface area contributed by atoms with Crippen LogP contribution in [0, 0.1) is 11.3 Å². The molecular weight excluding hydrogens is 426 g/mol. The van der Waals surface area contributed by atoms with E-state index in [9.17, 15) is 4.79 Å². The van der Waals surface area contributed by atoms with Crippen molar-refractivity contribution in [1.29, 1.82) is 5.26 Å². The molecule has 0 aliphatic heterocycles. The number of benzene rings is 2. The summed E-state index contributed by atoms with van der Waals surface area (Å²) in [6, 6.07) is 14.4. The minimum atomic E-state index is -0.304. The Balaban J connectivity index is 1.70. The van der Waals surface area contributed by atoms with Gasteiger partial charge in [-0.2, -0.15) is 5.26 Å². The van der Waals surface area contributed by atoms with Crippen LogP contribution in [0.4, 0.5) is 11.5 Å². The van der Waals surface area contributed by atoms with Crippen molar-refractivity contribution in [2.75, 3.05) is 11.1 Å². The van der Waals surface area contributed by atoms with E-state index in [1.807, 2.05) is 30.3 Å². The third kappa shape index (κ3) is 3.30. The number of amides is 1. The fraction of sp³-hybridized carbons (Fsp3) is 0.0556. The number of nitriles is 1. The summed E-state index contributed by atoms with van der Waals surface area (Å²) in [5, 5.41) is 19.3. The van der Waals surface area contributed by atoms with E-state index in [4.69, 9.17) is 11.0 Å². The van der Waals surface area contributed by atoms with Gasteiger partial charge in [0, 0.05) is 10.2 Å². The molecule has 1 amide bonds. The summed E-state index contributed by atoms with van der Waals surface area (Å²) >= 11 is 3.33. The largest absolute Gasteiger partial charge is 0.379 e. The molecule has 10 heteroatoms. The van der Waals surface area contributed by atoms with Crippen molar-refractivity contribution >= 4 is 44.4 Å². The molecule has 0 unspecified atom stereocenters. The Morgan fingerprint density at radius 1 is 1.29 bits per heavy atom. The standard InChI is InChI=1S/C18H12BrN7O2/c19-11-5-10(8-20)6-12(7-11)22-15(27)9-26-14-4-2-1-3-13(14)23-18(26)16-17(21)25-28-24-16/h1-7H,9H2,(H2,21,25)(H,22,27). The van der Waals surface area contributed by atoms with E-state index in [-0.39, 0.29) is 24.0 Å². The van der Waals surface area contributed by atoms with Crippen molar-refractivity contribution < 1.29 is 9.42 Å². The Labute approximate surface area is 166 Å². The number of halogens is 1. The lowest BCUT2D eigenvalue weighted by Gasteiger charge is -2.10. The molecule has 2 aromatic heterocycles. The van der Waals surface area contributed by atoms with Crippen LogP contribution in [0.1, 0.15) is 5.56 Å². The van der Waals surface area contributed by atoms with Crippen molar-refractivity contribution in [1.82, 2.24) is 19.9 Å². The lowest BCUT2D eigenvalue weighted by molar-refractivity contribution is -0.116. The zero-order chi connectivity index (χ0) is 19.7. The Morgan fingerprint density at radius 3 is 2.86 bits per heavy atom. The second-order valence-corrected chi connectivity index (χ2v) is 6.81. The predicted octanol–water partition coefficient (Wildman–Crippen LogP) is 2.94. The number of carbonyl (C=O) groups excluding carboxylic acids is 1. The monoisotopic (exact) mass is 437 g/mol. The summed E-state index contributed by atoms with van der Waals surface area (Å²) in [7, 11) is 0. The number of anilines is 2. The lowest BCUT2D eigenvalue weighted by atomic mass is 10.2. The molecular formula is C18H12BrN7O2. The highest BCUT2D eigenvalue weighted by Gasteiger charge is 2.20. The number of aromatic nitrogens is 4. The molecule has 0 bridgehead atoms. The molecule has 138 valence electrons. The molecule has 28 heavy (non-hydrogen) atoms. The highest BCUT2D eigenvalue weighted by atomic mass is 79.9. The van der Waals surface area contributed by atoms with Gasteiger partial charge in [0.2, 0.25) is 5.91 Å². The Hall–Kier alpha value is -3.71. The zero-order valence-corrected chi connectivity index (χ0v) is 15.8. The molecule has 4 aromatic rings. The van der Waals surface area contributed by atoms with Crippen LogP contribution in [0.2, 0.25) is 0 Å². The first kappa shape index (κ1) is 17.7. The number of hydrogen-bond acceptors (Lipinski definition) is 7. The number of nitrogen functional groups attached to an aromatic ring is 1. The van der Waals surface area contributed by atoms with Gasteiger partial charge in [0.25, 0.3) is 0 Å². The number of fused-ring (bicyclic) bond motifs is 1. The van der Waals surface area contributed by atoms with Gasteiger partial charge in [-0.1, -0.05) is 28.1 Å². The number of carbonyl (C=O) groups is 1. The molecule has 0 radical (unpaired) electrons. The van der Waals surface area contributed by atoms with Crippen LogP contribution in [0.25, 0.3) is 22.6 Å². The van der Waals surface area contributed by atoms with Crippen molar-refractivity contribution in [2.45, 2.75) is 6.54 Å². The second-order valence-electron chi connectivity index (χ2n) is 5.90. The number of nitrogens with zero attached hydrogens (tertiary/aromatic N) is 5. The fourth-order valence-electron chi connectivity index (χ4n) is 2.84. The Kier molecular flexibility index (Phi) is 4.50. The average molecular weight is 438 g/mol. The fourth-order valence-corrected chi connectivity index (χ4v) is 3.33. The van der Waals surface area contributed by atoms with Gasteiger partial charge < -0.3 is 15.6 Å². The SMILES string of the molecule is N#Cc1cc(Br)cc(NC(=O)Cn2c(-c3nonc3N)nc3ccccc32)c1. The molecule has 0 saturated heterocycles. The first-order valence-corrected chi connectivity index (χ1v) is 8.88. The number of imidazole rings is 1. The highest BCUT2D eigenvalue weighted by molar-refractivity contribution is 9.10. The van der Waals surface area contributed by atoms with Gasteiger partial charge in [-0.3, -0.25) is 4.79 Å². The van der Waals surface area contributed by atoms with Gasteiger partial charge >= 0.3 is 0 Å². The van der Waals surface area contributed by atoms with Crippen LogP contribution < -0.4 is 11.1 Å². The summed E-state index contributed by atoms with van der Waals surface area (Å²) in [6.07, 6.45) is 0. The minimum Gasteiger partial charge on any atom is -0.379 e. The van der Waals surface area contributed by atoms with Crippen LogP contribution in [-0.2, 0) is 11.3 Å². The number of nitrogens with one attached hydrogen (secondary N) is 1. The molecule has 0 fully saturated rings. The summed E-state index contributed by atoms with van der Waals surface area (Å²) in [4.78, 5) is 17.2. The van der Waals surface area contributed by atoms with Crippen LogP contribution in [0.5, 0.6) is 0 Å². The first-order chi connectivity index (χ1) is 13.5. The van der Waals surface area contributed by atoms with E-state index >= 15 is 0 Å². The van der Waals surface area contributed by atoms with Crippen molar-refractivity contribution in [3.8, 4) is 17.6 Å². The van der Waals surface area contributed by atoms with Crippen molar-refractivity contribution in [3.05, 3.63) is 52.5 Å². The zero-order valence-electron chi connectivity index (χ0n) is 14.3. The average Bonchev–Trinajstić information content (AvgIpc) is 3.24. The number of para-hydroxylation sites is 2. The highest BCUT2D eigenvalue weighted by Crippen LogP contribution is 2.27. The molecule has 9 nitrogen and oxygen atoms in total. The van der Waals surface area contributed by atoms with Crippen LogP contribution in [-0.4, -0.2) is 25.8 Å². The molecule has 2 heterocycles. The molecule has 0 aliphatic carbocycles. The van der Waals surface area contributed by atoms with E-state index in [1.165, 1.54) is 0 Å². The summed E-state index contributed by atoms with van der Waals surface area (Å²) < 4.78 is 7.05. The van der Waals surface area contributed by atoms with Gasteiger partial charge in [-0.25, -0.2) is 9.61 Å². The summed E-state index contributed by atoms with van der Waals surface area (Å²) in [6.45, 7) is -0.0451. The topological polar surface area (TPSA) is 136 Å². The van der Waals surface area contributed by atoms with Crippen LogP contribution in [0.3, 0.4) is 0 Å². The van der Waals surface area contributed by atoms with Gasteiger partial charge in [0.1, 0.15) is 6.54 Å². The number of nitrogens with two attached hydrogens (primary N) is 1. The quantitative estimate of drug-likeness (QED) is 0.500.